The van der Waals surface area contributed by atoms with E-state index in [1.165, 1.54) is 0 Å². The lowest BCUT2D eigenvalue weighted by Crippen LogP contribution is -2.19. The number of aromatic nitrogens is 2. The van der Waals surface area contributed by atoms with Gasteiger partial charge in [-0.25, -0.2) is 4.98 Å². The summed E-state index contributed by atoms with van der Waals surface area (Å²) >= 11 is 2.07. The van der Waals surface area contributed by atoms with Crippen molar-refractivity contribution < 1.29 is 4.74 Å². The summed E-state index contributed by atoms with van der Waals surface area (Å²) in [6, 6.07) is 0. The van der Waals surface area contributed by atoms with Crippen LogP contribution in [0.4, 0.5) is 0 Å². The standard InChI is InChI=1S/C10H13IN2O2/c1-5(15-2)9-12-8(6-3-4-6)7(11)10(14)13-9/h5-6H,3-4H2,1-2H3,(H,12,13,14). The van der Waals surface area contributed by atoms with E-state index >= 15 is 0 Å². The van der Waals surface area contributed by atoms with E-state index in [9.17, 15) is 4.79 Å². The number of methoxy groups -OCH3 is 1. The van der Waals surface area contributed by atoms with Crippen molar-refractivity contribution in [2.24, 2.45) is 0 Å². The van der Waals surface area contributed by atoms with Gasteiger partial charge in [0.25, 0.3) is 5.56 Å². The van der Waals surface area contributed by atoms with Crippen LogP contribution in [0.25, 0.3) is 0 Å². The number of hydrogen-bond donors (Lipinski definition) is 1. The fraction of sp³-hybridized carbons (Fsp3) is 0.600. The second-order valence-electron chi connectivity index (χ2n) is 3.80. The number of halogens is 1. The molecule has 1 unspecified atom stereocenters. The lowest BCUT2D eigenvalue weighted by Gasteiger charge is -2.10. The van der Waals surface area contributed by atoms with Crippen LogP contribution in [0, 0.1) is 3.57 Å². The maximum atomic E-state index is 11.7. The first kappa shape index (κ1) is 11.1. The van der Waals surface area contributed by atoms with E-state index < -0.39 is 0 Å². The van der Waals surface area contributed by atoms with Gasteiger partial charge in [-0.15, -0.1) is 0 Å². The molecule has 0 saturated heterocycles. The maximum Gasteiger partial charge on any atom is 0.264 e. The van der Waals surface area contributed by atoms with Gasteiger partial charge in [0.05, 0.1) is 9.26 Å². The Hall–Kier alpha value is -0.430. The molecule has 2 rings (SSSR count). The van der Waals surface area contributed by atoms with Gasteiger partial charge in [0.15, 0.2) is 0 Å². The molecule has 15 heavy (non-hydrogen) atoms. The summed E-state index contributed by atoms with van der Waals surface area (Å²) in [5.74, 6) is 1.12. The predicted molar refractivity (Wildman–Crippen MR) is 65.0 cm³/mol. The smallest absolute Gasteiger partial charge is 0.264 e. The Kier molecular flexibility index (Phi) is 3.11. The van der Waals surface area contributed by atoms with Crippen LogP contribution in [0.5, 0.6) is 0 Å². The van der Waals surface area contributed by atoms with Crippen LogP contribution in [-0.2, 0) is 4.74 Å². The monoisotopic (exact) mass is 320 g/mol. The van der Waals surface area contributed by atoms with Gasteiger partial charge in [0, 0.05) is 13.0 Å². The normalized spacial score (nSPS) is 17.8. The molecule has 0 amide bonds. The van der Waals surface area contributed by atoms with E-state index in [0.717, 1.165) is 22.1 Å². The molecular weight excluding hydrogens is 307 g/mol. The molecule has 1 aliphatic rings. The summed E-state index contributed by atoms with van der Waals surface area (Å²) in [5.41, 5.74) is 0.893. The number of aromatic amines is 1. The highest BCUT2D eigenvalue weighted by Gasteiger charge is 2.29. The van der Waals surface area contributed by atoms with E-state index in [-0.39, 0.29) is 11.7 Å². The highest BCUT2D eigenvalue weighted by atomic mass is 127. The molecule has 1 atom stereocenters. The molecule has 0 aliphatic heterocycles. The van der Waals surface area contributed by atoms with Gasteiger partial charge in [-0.3, -0.25) is 4.79 Å². The van der Waals surface area contributed by atoms with Crippen molar-refractivity contribution in [3.63, 3.8) is 0 Å². The first-order chi connectivity index (χ1) is 7.13. The number of ether oxygens (including phenoxy) is 1. The molecule has 1 aromatic rings. The van der Waals surface area contributed by atoms with E-state index in [1.807, 2.05) is 6.92 Å². The molecule has 82 valence electrons. The van der Waals surface area contributed by atoms with Crippen molar-refractivity contribution in [1.82, 2.24) is 9.97 Å². The van der Waals surface area contributed by atoms with Crippen LogP contribution in [0.15, 0.2) is 4.79 Å². The van der Waals surface area contributed by atoms with Gasteiger partial charge in [0.2, 0.25) is 0 Å². The van der Waals surface area contributed by atoms with Gasteiger partial charge < -0.3 is 9.72 Å². The maximum absolute atomic E-state index is 11.7. The quantitative estimate of drug-likeness (QED) is 0.866. The number of hydrogen-bond acceptors (Lipinski definition) is 3. The molecule has 0 radical (unpaired) electrons. The molecule has 1 saturated carbocycles. The van der Waals surface area contributed by atoms with Crippen LogP contribution in [0.1, 0.15) is 43.3 Å². The minimum absolute atomic E-state index is 0.0496. The third-order valence-corrected chi connectivity index (χ3v) is 3.65. The number of H-pyrrole nitrogens is 1. The highest BCUT2D eigenvalue weighted by Crippen LogP contribution is 2.40. The van der Waals surface area contributed by atoms with Crippen molar-refractivity contribution >= 4 is 22.6 Å². The van der Waals surface area contributed by atoms with Crippen molar-refractivity contribution in [1.29, 1.82) is 0 Å². The first-order valence-corrected chi connectivity index (χ1v) is 6.03. The molecule has 4 nitrogen and oxygen atoms in total. The molecule has 5 heteroatoms. The Labute approximate surface area is 102 Å². The topological polar surface area (TPSA) is 55.0 Å². The van der Waals surface area contributed by atoms with Gasteiger partial charge >= 0.3 is 0 Å². The molecule has 0 bridgehead atoms. The number of rotatable bonds is 3. The molecule has 1 aromatic heterocycles. The van der Waals surface area contributed by atoms with Gasteiger partial charge in [-0.2, -0.15) is 0 Å². The molecule has 1 N–H and O–H groups in total. The minimum atomic E-state index is -0.160. The second kappa shape index (κ2) is 4.21. The van der Waals surface area contributed by atoms with Gasteiger partial charge in [-0.05, 0) is 42.4 Å². The second-order valence-corrected chi connectivity index (χ2v) is 4.88. The van der Waals surface area contributed by atoms with E-state index in [4.69, 9.17) is 4.74 Å². The van der Waals surface area contributed by atoms with Gasteiger partial charge in [-0.1, -0.05) is 0 Å². The van der Waals surface area contributed by atoms with Crippen LogP contribution < -0.4 is 5.56 Å². The summed E-state index contributed by atoms with van der Waals surface area (Å²) in [4.78, 5) is 18.9. The fourth-order valence-corrected chi connectivity index (χ4v) is 2.12. The summed E-state index contributed by atoms with van der Waals surface area (Å²) in [6.07, 6.45) is 2.13. The predicted octanol–water partition coefficient (Wildman–Crippen LogP) is 1.96. The lowest BCUT2D eigenvalue weighted by molar-refractivity contribution is 0.111. The Bertz CT molecular complexity index is 426. The Morgan fingerprint density at radius 2 is 2.27 bits per heavy atom. The average Bonchev–Trinajstić information content (AvgIpc) is 3.04. The fourth-order valence-electron chi connectivity index (χ4n) is 1.43. The summed E-state index contributed by atoms with van der Waals surface area (Å²) in [6.45, 7) is 1.88. The SMILES string of the molecule is COC(C)c1nc(C2CC2)c(I)c(=O)[nH]1. The Morgan fingerprint density at radius 3 is 2.80 bits per heavy atom. The van der Waals surface area contributed by atoms with Crippen molar-refractivity contribution in [3.05, 3.63) is 25.4 Å². The first-order valence-electron chi connectivity index (χ1n) is 4.96. The summed E-state index contributed by atoms with van der Waals surface area (Å²) in [5, 5.41) is 0. The number of nitrogens with one attached hydrogen (secondary N) is 1. The summed E-state index contributed by atoms with van der Waals surface area (Å²) in [7, 11) is 1.61. The van der Waals surface area contributed by atoms with E-state index in [1.54, 1.807) is 7.11 Å². The van der Waals surface area contributed by atoms with Crippen LogP contribution in [0.2, 0.25) is 0 Å². The lowest BCUT2D eigenvalue weighted by atomic mass is 10.2. The molecule has 1 aliphatic carbocycles. The largest absolute Gasteiger partial charge is 0.374 e. The highest BCUT2D eigenvalue weighted by molar-refractivity contribution is 14.1. The molecular formula is C10H13IN2O2. The van der Waals surface area contributed by atoms with Crippen molar-refractivity contribution in [2.75, 3.05) is 7.11 Å². The minimum Gasteiger partial charge on any atom is -0.374 e. The molecule has 1 fully saturated rings. The summed E-state index contributed by atoms with van der Waals surface area (Å²) < 4.78 is 5.88. The van der Waals surface area contributed by atoms with Crippen LogP contribution >= 0.6 is 22.6 Å². The zero-order chi connectivity index (χ0) is 11.0. The molecule has 1 heterocycles. The van der Waals surface area contributed by atoms with Gasteiger partial charge in [0.1, 0.15) is 11.9 Å². The Balaban J connectivity index is 2.45. The van der Waals surface area contributed by atoms with E-state index in [2.05, 4.69) is 32.6 Å². The zero-order valence-electron chi connectivity index (χ0n) is 8.71. The third kappa shape index (κ3) is 2.23. The Morgan fingerprint density at radius 1 is 1.60 bits per heavy atom. The van der Waals surface area contributed by atoms with Crippen LogP contribution in [0.3, 0.4) is 0 Å². The molecule has 0 aromatic carbocycles. The van der Waals surface area contributed by atoms with Crippen molar-refractivity contribution in [3.8, 4) is 0 Å². The molecule has 0 spiro atoms. The number of nitrogens with zero attached hydrogens (tertiary/aromatic N) is 1. The van der Waals surface area contributed by atoms with Crippen LogP contribution in [-0.4, -0.2) is 17.1 Å². The third-order valence-electron chi connectivity index (χ3n) is 2.61. The van der Waals surface area contributed by atoms with E-state index in [0.29, 0.717) is 11.7 Å². The van der Waals surface area contributed by atoms with Crippen molar-refractivity contribution in [2.45, 2.75) is 31.8 Å². The zero-order valence-corrected chi connectivity index (χ0v) is 10.9. The average molecular weight is 320 g/mol.